The zero-order valence-electron chi connectivity index (χ0n) is 10.7. The summed E-state index contributed by atoms with van der Waals surface area (Å²) in [6, 6.07) is 0. The lowest BCUT2D eigenvalue weighted by Gasteiger charge is -2.45. The molecule has 2 atom stereocenters. The molecule has 3 saturated heterocycles. The second-order valence-electron chi connectivity index (χ2n) is 6.09. The Bertz CT molecular complexity index is 278. The summed E-state index contributed by atoms with van der Waals surface area (Å²) >= 11 is 16.2. The van der Waals surface area contributed by atoms with E-state index in [1.807, 2.05) is 0 Å². The maximum absolute atomic E-state index is 6.02. The largest absolute Gasteiger partial charge is 0.305 e. The molecule has 2 spiro atoms. The van der Waals surface area contributed by atoms with Gasteiger partial charge in [-0.1, -0.05) is 23.5 Å². The molecule has 3 aliphatic heterocycles. The number of quaternary nitrogens is 2. The standard InChI is InChI=1S/C12H22Cl2N2S2/c13-5-11-7-15(9-17-11)1-2-16(4-3-15)8-12(6-14)18-10-16/h11-12H,1-10H2/q+2. The lowest BCUT2D eigenvalue weighted by Crippen LogP contribution is -2.65. The van der Waals surface area contributed by atoms with Crippen LogP contribution in [0.1, 0.15) is 0 Å². The lowest BCUT2D eigenvalue weighted by atomic mass is 10.2. The van der Waals surface area contributed by atoms with Crippen LogP contribution in [-0.4, -0.2) is 82.2 Å². The quantitative estimate of drug-likeness (QED) is 0.563. The molecule has 2 unspecified atom stereocenters. The Kier molecular flexibility index (Phi) is 4.35. The normalized spacial score (nSPS) is 48.3. The van der Waals surface area contributed by atoms with Crippen LogP contribution in [0.5, 0.6) is 0 Å². The van der Waals surface area contributed by atoms with Gasteiger partial charge in [-0.3, -0.25) is 0 Å². The molecule has 3 rings (SSSR count). The van der Waals surface area contributed by atoms with E-state index in [2.05, 4.69) is 23.5 Å². The molecule has 0 saturated carbocycles. The highest BCUT2D eigenvalue weighted by molar-refractivity contribution is 8.00. The topological polar surface area (TPSA) is 0 Å². The molecule has 0 bridgehead atoms. The van der Waals surface area contributed by atoms with E-state index in [4.69, 9.17) is 23.2 Å². The van der Waals surface area contributed by atoms with Crippen LogP contribution in [0.25, 0.3) is 0 Å². The van der Waals surface area contributed by atoms with Crippen LogP contribution in [-0.2, 0) is 0 Å². The van der Waals surface area contributed by atoms with Gasteiger partial charge in [0.05, 0.1) is 23.6 Å². The van der Waals surface area contributed by atoms with E-state index >= 15 is 0 Å². The van der Waals surface area contributed by atoms with Gasteiger partial charge in [0.15, 0.2) is 0 Å². The molecular weight excluding hydrogens is 307 g/mol. The van der Waals surface area contributed by atoms with Crippen molar-refractivity contribution in [1.82, 2.24) is 0 Å². The third-order valence-electron chi connectivity index (χ3n) is 4.79. The van der Waals surface area contributed by atoms with Crippen molar-refractivity contribution in [2.45, 2.75) is 10.5 Å². The fourth-order valence-corrected chi connectivity index (χ4v) is 7.02. The summed E-state index contributed by atoms with van der Waals surface area (Å²) in [5, 5.41) is 1.39. The number of thioether (sulfide) groups is 2. The first-order valence-electron chi connectivity index (χ1n) is 6.75. The molecule has 6 heteroatoms. The molecule has 2 nitrogen and oxygen atoms in total. The van der Waals surface area contributed by atoms with Crippen LogP contribution in [0.4, 0.5) is 0 Å². The first-order chi connectivity index (χ1) is 8.69. The molecule has 104 valence electrons. The van der Waals surface area contributed by atoms with Gasteiger partial charge < -0.3 is 8.97 Å². The average Bonchev–Trinajstić information content (AvgIpc) is 2.99. The van der Waals surface area contributed by atoms with Crippen molar-refractivity contribution in [1.29, 1.82) is 0 Å². The summed E-state index contributed by atoms with van der Waals surface area (Å²) in [6.45, 7) is 8.04. The number of piperazine rings is 1. The van der Waals surface area contributed by atoms with Gasteiger partial charge in [-0.05, 0) is 0 Å². The Labute approximate surface area is 129 Å². The van der Waals surface area contributed by atoms with Crippen molar-refractivity contribution in [2.75, 3.05) is 62.8 Å². The summed E-state index contributed by atoms with van der Waals surface area (Å²) in [5.41, 5.74) is 0. The molecule has 3 heterocycles. The van der Waals surface area contributed by atoms with Gasteiger partial charge >= 0.3 is 0 Å². The monoisotopic (exact) mass is 328 g/mol. The van der Waals surface area contributed by atoms with E-state index in [0.717, 1.165) is 11.8 Å². The van der Waals surface area contributed by atoms with Crippen molar-refractivity contribution in [3.8, 4) is 0 Å². The molecule has 0 aromatic rings. The lowest BCUT2D eigenvalue weighted by molar-refractivity contribution is -1.02. The van der Waals surface area contributed by atoms with Crippen molar-refractivity contribution >= 4 is 46.7 Å². The molecule has 0 amide bonds. The van der Waals surface area contributed by atoms with E-state index in [0.29, 0.717) is 10.5 Å². The molecule has 0 aliphatic carbocycles. The summed E-state index contributed by atoms with van der Waals surface area (Å²) in [5.74, 6) is 4.25. The first-order valence-corrected chi connectivity index (χ1v) is 9.91. The summed E-state index contributed by atoms with van der Waals surface area (Å²) in [6.07, 6.45) is 0. The number of halogens is 2. The van der Waals surface area contributed by atoms with Gasteiger partial charge in [0.25, 0.3) is 0 Å². The highest BCUT2D eigenvalue weighted by Crippen LogP contribution is 2.37. The molecule has 3 fully saturated rings. The molecule has 0 radical (unpaired) electrons. The Hall–Kier alpha value is 1.20. The van der Waals surface area contributed by atoms with Gasteiger partial charge in [0.1, 0.15) is 37.9 Å². The molecular formula is C12H22Cl2N2S2+2. The highest BCUT2D eigenvalue weighted by Gasteiger charge is 2.49. The average molecular weight is 329 g/mol. The van der Waals surface area contributed by atoms with Crippen LogP contribution in [0.3, 0.4) is 0 Å². The van der Waals surface area contributed by atoms with Crippen molar-refractivity contribution in [3.63, 3.8) is 0 Å². The Balaban J connectivity index is 1.58. The van der Waals surface area contributed by atoms with Gasteiger partial charge in [-0.2, -0.15) is 0 Å². The Morgan fingerprint density at radius 2 is 1.17 bits per heavy atom. The Morgan fingerprint density at radius 1 is 0.778 bits per heavy atom. The summed E-state index contributed by atoms with van der Waals surface area (Å²) in [7, 11) is 0. The minimum Gasteiger partial charge on any atom is -0.305 e. The highest BCUT2D eigenvalue weighted by atomic mass is 35.5. The maximum Gasteiger partial charge on any atom is 0.129 e. The first kappa shape index (κ1) is 14.2. The van der Waals surface area contributed by atoms with Crippen LogP contribution in [0.2, 0.25) is 0 Å². The van der Waals surface area contributed by atoms with Crippen LogP contribution in [0.15, 0.2) is 0 Å². The second-order valence-corrected chi connectivity index (χ2v) is 9.22. The van der Waals surface area contributed by atoms with Gasteiger partial charge in [-0.15, -0.1) is 23.2 Å². The maximum atomic E-state index is 6.02. The Morgan fingerprint density at radius 3 is 1.44 bits per heavy atom. The summed E-state index contributed by atoms with van der Waals surface area (Å²) in [4.78, 5) is 0. The number of nitrogens with zero attached hydrogens (tertiary/aromatic N) is 2. The SMILES string of the molecule is ClCC1C[N+]2(CC[N+]3(CC2)CSC(CCl)C3)CS1. The number of hydrogen-bond acceptors (Lipinski definition) is 2. The molecule has 0 N–H and O–H groups in total. The molecule has 0 aromatic carbocycles. The molecule has 3 aliphatic rings. The third-order valence-corrected chi connectivity index (χ3v) is 8.87. The van der Waals surface area contributed by atoms with E-state index in [-0.39, 0.29) is 0 Å². The van der Waals surface area contributed by atoms with Crippen LogP contribution in [0, 0.1) is 0 Å². The number of rotatable bonds is 2. The predicted molar refractivity (Wildman–Crippen MR) is 83.7 cm³/mol. The van der Waals surface area contributed by atoms with E-state index in [1.165, 1.54) is 60.0 Å². The van der Waals surface area contributed by atoms with Crippen molar-refractivity contribution in [2.24, 2.45) is 0 Å². The minimum absolute atomic E-state index is 0.696. The smallest absolute Gasteiger partial charge is 0.129 e. The van der Waals surface area contributed by atoms with Gasteiger partial charge in [0, 0.05) is 11.8 Å². The van der Waals surface area contributed by atoms with Crippen molar-refractivity contribution < 1.29 is 8.97 Å². The minimum atomic E-state index is 0.696. The van der Waals surface area contributed by atoms with E-state index in [1.54, 1.807) is 0 Å². The number of alkyl halides is 2. The van der Waals surface area contributed by atoms with Crippen LogP contribution >= 0.6 is 46.7 Å². The fraction of sp³-hybridized carbons (Fsp3) is 1.00. The molecule has 0 aromatic heterocycles. The number of hydrogen-bond donors (Lipinski definition) is 0. The van der Waals surface area contributed by atoms with E-state index < -0.39 is 0 Å². The van der Waals surface area contributed by atoms with Gasteiger partial charge in [-0.25, -0.2) is 0 Å². The molecule has 18 heavy (non-hydrogen) atoms. The second kappa shape index (κ2) is 5.53. The van der Waals surface area contributed by atoms with E-state index in [9.17, 15) is 0 Å². The van der Waals surface area contributed by atoms with Gasteiger partial charge in [0.2, 0.25) is 0 Å². The van der Waals surface area contributed by atoms with Crippen molar-refractivity contribution in [3.05, 3.63) is 0 Å². The fourth-order valence-electron chi connectivity index (χ4n) is 3.48. The zero-order valence-corrected chi connectivity index (χ0v) is 13.8. The summed E-state index contributed by atoms with van der Waals surface area (Å²) < 4.78 is 2.66. The zero-order chi connectivity index (χ0) is 12.6. The predicted octanol–water partition coefficient (Wildman–Crippen LogP) is 2.26. The third kappa shape index (κ3) is 2.66. The van der Waals surface area contributed by atoms with Crippen LogP contribution < -0.4 is 0 Å².